The van der Waals surface area contributed by atoms with Gasteiger partial charge in [-0.05, 0) is 30.7 Å². The fraction of sp³-hybridized carbons (Fsp3) is 0.308. The van der Waals surface area contributed by atoms with E-state index < -0.39 is 0 Å². The van der Waals surface area contributed by atoms with Gasteiger partial charge in [0.1, 0.15) is 5.82 Å². The first-order valence-electron chi connectivity index (χ1n) is 6.09. The maximum atomic E-state index is 12.8. The number of amides is 1. The summed E-state index contributed by atoms with van der Waals surface area (Å²) in [6.07, 6.45) is 1.46. The summed E-state index contributed by atoms with van der Waals surface area (Å²) in [4.78, 5) is 17.4. The highest BCUT2D eigenvalue weighted by molar-refractivity contribution is 5.77. The number of halogens is 1. The number of carbonyl (C=O) groups is 1. The van der Waals surface area contributed by atoms with Crippen molar-refractivity contribution in [3.63, 3.8) is 0 Å². The molecule has 0 N–H and O–H groups in total. The first-order valence-corrected chi connectivity index (χ1v) is 6.09. The molecule has 0 unspecified atom stereocenters. The zero-order chi connectivity index (χ0) is 13.2. The number of likely N-dealkylation sites (tertiary alicyclic amines) is 1. The summed E-state index contributed by atoms with van der Waals surface area (Å²) in [5.41, 5.74) is 0.684. The molecule has 5 nitrogen and oxygen atoms in total. The van der Waals surface area contributed by atoms with Crippen LogP contribution in [0, 0.1) is 5.82 Å². The second-order valence-electron chi connectivity index (χ2n) is 4.44. The molecule has 0 aliphatic carbocycles. The SMILES string of the molecule is O=C1CCCN1Cc1nc(-c2ccc(F)cc2)no1. The summed E-state index contributed by atoms with van der Waals surface area (Å²) < 4.78 is 17.9. The number of carbonyl (C=O) groups excluding carboxylic acids is 1. The molecule has 0 saturated carbocycles. The molecule has 2 aromatic rings. The quantitative estimate of drug-likeness (QED) is 0.847. The second kappa shape index (κ2) is 4.79. The van der Waals surface area contributed by atoms with Crippen LogP contribution in [0.1, 0.15) is 18.7 Å². The highest BCUT2D eigenvalue weighted by Crippen LogP contribution is 2.18. The Bertz CT molecular complexity index is 594. The number of aromatic nitrogens is 2. The Balaban J connectivity index is 1.75. The van der Waals surface area contributed by atoms with Crippen molar-refractivity contribution >= 4 is 5.91 Å². The van der Waals surface area contributed by atoms with Crippen molar-refractivity contribution in [1.82, 2.24) is 15.0 Å². The standard InChI is InChI=1S/C13H12FN3O2/c14-10-5-3-9(4-6-10)13-15-11(19-16-13)8-17-7-1-2-12(17)18/h3-6H,1-2,7-8H2. The van der Waals surface area contributed by atoms with Gasteiger partial charge < -0.3 is 9.42 Å². The van der Waals surface area contributed by atoms with Crippen LogP contribution < -0.4 is 0 Å². The molecule has 0 spiro atoms. The number of hydrogen-bond acceptors (Lipinski definition) is 4. The third-order valence-electron chi connectivity index (χ3n) is 3.07. The van der Waals surface area contributed by atoms with Crippen LogP contribution >= 0.6 is 0 Å². The lowest BCUT2D eigenvalue weighted by Crippen LogP contribution is -2.23. The molecule has 19 heavy (non-hydrogen) atoms. The van der Waals surface area contributed by atoms with Gasteiger partial charge >= 0.3 is 0 Å². The van der Waals surface area contributed by atoms with E-state index in [4.69, 9.17) is 4.52 Å². The number of hydrogen-bond donors (Lipinski definition) is 0. The van der Waals surface area contributed by atoms with Gasteiger partial charge in [-0.25, -0.2) is 4.39 Å². The fourth-order valence-electron chi connectivity index (χ4n) is 2.07. The molecule has 1 fully saturated rings. The van der Waals surface area contributed by atoms with E-state index in [9.17, 15) is 9.18 Å². The Hall–Kier alpha value is -2.24. The van der Waals surface area contributed by atoms with Crippen LogP contribution in [0.4, 0.5) is 4.39 Å². The molecule has 1 aliphatic heterocycles. The lowest BCUT2D eigenvalue weighted by molar-refractivity contribution is -0.128. The topological polar surface area (TPSA) is 59.2 Å². The van der Waals surface area contributed by atoms with Crippen molar-refractivity contribution in [3.05, 3.63) is 36.0 Å². The van der Waals surface area contributed by atoms with Crippen LogP contribution in [0.25, 0.3) is 11.4 Å². The van der Waals surface area contributed by atoms with Crippen LogP contribution in [0.3, 0.4) is 0 Å². The molecule has 0 radical (unpaired) electrons. The van der Waals surface area contributed by atoms with E-state index in [0.717, 1.165) is 13.0 Å². The minimum absolute atomic E-state index is 0.113. The first-order chi connectivity index (χ1) is 9.22. The van der Waals surface area contributed by atoms with Gasteiger partial charge in [-0.3, -0.25) is 4.79 Å². The Morgan fingerprint density at radius 1 is 1.32 bits per heavy atom. The molecular formula is C13H12FN3O2. The lowest BCUT2D eigenvalue weighted by Gasteiger charge is -2.11. The minimum atomic E-state index is -0.310. The van der Waals surface area contributed by atoms with Gasteiger partial charge in [0.05, 0.1) is 6.54 Å². The maximum absolute atomic E-state index is 12.8. The van der Waals surface area contributed by atoms with Crippen molar-refractivity contribution in [3.8, 4) is 11.4 Å². The average molecular weight is 261 g/mol. The van der Waals surface area contributed by atoms with Crippen LogP contribution in [0.2, 0.25) is 0 Å². The van der Waals surface area contributed by atoms with Crippen molar-refractivity contribution in [2.75, 3.05) is 6.54 Å². The highest BCUT2D eigenvalue weighted by atomic mass is 19.1. The minimum Gasteiger partial charge on any atom is -0.337 e. The van der Waals surface area contributed by atoms with Crippen LogP contribution in [0.5, 0.6) is 0 Å². The molecular weight excluding hydrogens is 249 g/mol. The number of benzene rings is 1. The molecule has 0 bridgehead atoms. The van der Waals surface area contributed by atoms with Gasteiger partial charge in [0, 0.05) is 18.5 Å². The van der Waals surface area contributed by atoms with E-state index in [1.807, 2.05) is 0 Å². The van der Waals surface area contributed by atoms with Crippen molar-refractivity contribution in [2.24, 2.45) is 0 Å². The summed E-state index contributed by atoms with van der Waals surface area (Å²) in [6.45, 7) is 1.07. The van der Waals surface area contributed by atoms with Crippen LogP contribution in [-0.4, -0.2) is 27.5 Å². The summed E-state index contributed by atoms with van der Waals surface area (Å²) in [5.74, 6) is 0.605. The molecule has 1 aromatic carbocycles. The van der Waals surface area contributed by atoms with Crippen molar-refractivity contribution in [2.45, 2.75) is 19.4 Å². The van der Waals surface area contributed by atoms with Gasteiger partial charge in [-0.15, -0.1) is 0 Å². The average Bonchev–Trinajstić information content (AvgIpc) is 3.01. The highest BCUT2D eigenvalue weighted by Gasteiger charge is 2.22. The monoisotopic (exact) mass is 261 g/mol. The summed E-state index contributed by atoms with van der Waals surface area (Å²) in [6, 6.07) is 5.86. The van der Waals surface area contributed by atoms with E-state index >= 15 is 0 Å². The van der Waals surface area contributed by atoms with Crippen LogP contribution in [-0.2, 0) is 11.3 Å². The Morgan fingerprint density at radius 2 is 2.11 bits per heavy atom. The normalized spacial score (nSPS) is 15.2. The Labute approximate surface area is 109 Å². The van der Waals surface area contributed by atoms with Crippen molar-refractivity contribution < 1.29 is 13.7 Å². The number of nitrogens with zero attached hydrogens (tertiary/aromatic N) is 3. The zero-order valence-corrected chi connectivity index (χ0v) is 10.2. The molecule has 1 aliphatic rings. The number of rotatable bonds is 3. The summed E-state index contributed by atoms with van der Waals surface area (Å²) >= 11 is 0. The molecule has 1 amide bonds. The van der Waals surface area contributed by atoms with Crippen molar-refractivity contribution in [1.29, 1.82) is 0 Å². The van der Waals surface area contributed by atoms with Gasteiger partial charge in [0.15, 0.2) is 0 Å². The van der Waals surface area contributed by atoms with Gasteiger partial charge in [-0.2, -0.15) is 4.98 Å². The predicted molar refractivity (Wildman–Crippen MR) is 64.3 cm³/mol. The van der Waals surface area contributed by atoms with E-state index in [-0.39, 0.29) is 11.7 Å². The molecule has 0 atom stereocenters. The zero-order valence-electron chi connectivity index (χ0n) is 10.2. The maximum Gasteiger partial charge on any atom is 0.246 e. The smallest absolute Gasteiger partial charge is 0.246 e. The molecule has 3 rings (SSSR count). The second-order valence-corrected chi connectivity index (χ2v) is 4.44. The van der Waals surface area contributed by atoms with Gasteiger partial charge in [0.25, 0.3) is 0 Å². The van der Waals surface area contributed by atoms with E-state index in [1.54, 1.807) is 17.0 Å². The molecule has 2 heterocycles. The predicted octanol–water partition coefficient (Wildman–Crippen LogP) is 2.00. The summed E-state index contributed by atoms with van der Waals surface area (Å²) in [7, 11) is 0. The summed E-state index contributed by atoms with van der Waals surface area (Å²) in [5, 5.41) is 3.84. The molecule has 1 saturated heterocycles. The molecule has 98 valence electrons. The third-order valence-corrected chi connectivity index (χ3v) is 3.07. The lowest BCUT2D eigenvalue weighted by atomic mass is 10.2. The van der Waals surface area contributed by atoms with E-state index in [0.29, 0.717) is 30.2 Å². The third kappa shape index (κ3) is 2.47. The van der Waals surface area contributed by atoms with Gasteiger partial charge in [-0.1, -0.05) is 5.16 Å². The van der Waals surface area contributed by atoms with E-state index in [2.05, 4.69) is 10.1 Å². The molecule has 1 aromatic heterocycles. The first kappa shape index (κ1) is 11.8. The Kier molecular flexibility index (Phi) is 2.98. The van der Waals surface area contributed by atoms with Crippen LogP contribution in [0.15, 0.2) is 28.8 Å². The largest absolute Gasteiger partial charge is 0.337 e. The fourth-order valence-corrected chi connectivity index (χ4v) is 2.07. The Morgan fingerprint density at radius 3 is 2.79 bits per heavy atom. The van der Waals surface area contributed by atoms with E-state index in [1.165, 1.54) is 12.1 Å². The molecule has 6 heteroatoms. The van der Waals surface area contributed by atoms with Gasteiger partial charge in [0.2, 0.25) is 17.6 Å².